The first-order valence-electron chi connectivity index (χ1n) is 9.72. The second-order valence-electron chi connectivity index (χ2n) is 6.90. The molecule has 160 valence electrons. The highest BCUT2D eigenvalue weighted by Crippen LogP contribution is 2.36. The zero-order valence-corrected chi connectivity index (χ0v) is 16.9. The van der Waals surface area contributed by atoms with Crippen LogP contribution in [0.1, 0.15) is 0 Å². The number of piperazine rings is 1. The summed E-state index contributed by atoms with van der Waals surface area (Å²) < 4.78 is 19.4. The van der Waals surface area contributed by atoms with E-state index in [2.05, 4.69) is 15.3 Å². The Bertz CT molecular complexity index is 1090. The Balaban J connectivity index is 1.59. The maximum absolute atomic E-state index is 14.1. The number of rotatable bonds is 6. The molecule has 0 aliphatic carbocycles. The predicted molar refractivity (Wildman–Crippen MR) is 116 cm³/mol. The van der Waals surface area contributed by atoms with Crippen LogP contribution in [0.25, 0.3) is 0 Å². The molecule has 0 saturated carbocycles. The average molecular weight is 424 g/mol. The first-order chi connectivity index (χ1) is 15.1. The fourth-order valence-electron chi connectivity index (χ4n) is 3.60. The molecule has 2 heterocycles. The summed E-state index contributed by atoms with van der Waals surface area (Å²) in [6.45, 7) is 1.94. The maximum Gasteiger partial charge on any atom is 0.353 e. The van der Waals surface area contributed by atoms with Crippen molar-refractivity contribution in [2.75, 3.05) is 48.4 Å². The van der Waals surface area contributed by atoms with E-state index in [1.54, 1.807) is 42.5 Å². The van der Waals surface area contributed by atoms with Gasteiger partial charge in [-0.3, -0.25) is 10.1 Å². The summed E-state index contributed by atoms with van der Waals surface area (Å²) >= 11 is 0. The molecule has 0 atom stereocenters. The van der Waals surface area contributed by atoms with Crippen molar-refractivity contribution in [1.29, 1.82) is 0 Å². The molecule has 10 heteroatoms. The minimum Gasteiger partial charge on any atom is -0.495 e. The van der Waals surface area contributed by atoms with Gasteiger partial charge in [-0.15, -0.1) is 0 Å². The molecule has 1 N–H and O–H groups in total. The van der Waals surface area contributed by atoms with Gasteiger partial charge in [0.15, 0.2) is 0 Å². The summed E-state index contributed by atoms with van der Waals surface area (Å²) in [6, 6.07) is 13.7. The quantitative estimate of drug-likeness (QED) is 0.474. The second-order valence-corrected chi connectivity index (χ2v) is 6.90. The van der Waals surface area contributed by atoms with Crippen LogP contribution in [-0.2, 0) is 0 Å². The molecule has 0 radical (unpaired) electrons. The first-order valence-corrected chi connectivity index (χ1v) is 9.72. The van der Waals surface area contributed by atoms with Crippen LogP contribution in [0.5, 0.6) is 5.75 Å². The molecular weight excluding hydrogens is 403 g/mol. The van der Waals surface area contributed by atoms with Crippen LogP contribution in [0.2, 0.25) is 0 Å². The van der Waals surface area contributed by atoms with Gasteiger partial charge in [0.2, 0.25) is 11.6 Å². The number of hydrogen-bond donors (Lipinski definition) is 1. The molecule has 9 nitrogen and oxygen atoms in total. The zero-order valence-electron chi connectivity index (χ0n) is 16.9. The number of aromatic nitrogens is 2. The summed E-state index contributed by atoms with van der Waals surface area (Å²) in [7, 11) is 1.52. The first kappa shape index (κ1) is 20.3. The molecule has 1 aliphatic rings. The molecule has 3 aromatic rings. The maximum atomic E-state index is 14.1. The molecule has 2 aromatic carbocycles. The molecule has 1 fully saturated rings. The van der Waals surface area contributed by atoms with E-state index in [9.17, 15) is 14.5 Å². The van der Waals surface area contributed by atoms with Crippen molar-refractivity contribution in [3.05, 3.63) is 70.8 Å². The van der Waals surface area contributed by atoms with Crippen LogP contribution in [-0.4, -0.2) is 48.2 Å². The Kier molecular flexibility index (Phi) is 5.78. The third-order valence-corrected chi connectivity index (χ3v) is 5.12. The Morgan fingerprint density at radius 3 is 2.42 bits per heavy atom. The second kappa shape index (κ2) is 8.82. The van der Waals surface area contributed by atoms with Crippen molar-refractivity contribution < 1.29 is 14.1 Å². The highest BCUT2D eigenvalue weighted by Gasteiger charge is 2.30. The molecule has 31 heavy (non-hydrogen) atoms. The third-order valence-electron chi connectivity index (χ3n) is 5.12. The van der Waals surface area contributed by atoms with E-state index in [0.717, 1.165) is 0 Å². The van der Waals surface area contributed by atoms with Gasteiger partial charge in [0.1, 0.15) is 17.9 Å². The Morgan fingerprint density at radius 1 is 1.03 bits per heavy atom. The number of anilines is 4. The fourth-order valence-corrected chi connectivity index (χ4v) is 3.60. The lowest BCUT2D eigenvalue weighted by Crippen LogP contribution is -2.47. The lowest BCUT2D eigenvalue weighted by atomic mass is 10.2. The molecule has 0 spiro atoms. The fraction of sp³-hybridized carbons (Fsp3) is 0.238. The Labute approximate surface area is 178 Å². The normalized spacial score (nSPS) is 13.7. The minimum atomic E-state index is -0.490. The summed E-state index contributed by atoms with van der Waals surface area (Å²) in [5.41, 5.74) is 0.868. The number of methoxy groups -OCH3 is 1. The number of nitrogens with one attached hydrogen (secondary N) is 1. The Hall–Kier alpha value is -3.95. The van der Waals surface area contributed by atoms with Gasteiger partial charge in [0.25, 0.3) is 0 Å². The number of ether oxygens (including phenoxy) is 1. The molecule has 1 aliphatic heterocycles. The van der Waals surface area contributed by atoms with Crippen molar-refractivity contribution >= 4 is 28.7 Å². The summed E-state index contributed by atoms with van der Waals surface area (Å²) in [5, 5.41) is 14.9. The van der Waals surface area contributed by atoms with Gasteiger partial charge < -0.3 is 19.9 Å². The molecule has 0 amide bonds. The van der Waals surface area contributed by atoms with Crippen molar-refractivity contribution in [3.63, 3.8) is 0 Å². The molecule has 1 aromatic heterocycles. The van der Waals surface area contributed by atoms with E-state index >= 15 is 0 Å². The van der Waals surface area contributed by atoms with Gasteiger partial charge in [-0.05, 0) is 24.3 Å². The van der Waals surface area contributed by atoms with Gasteiger partial charge >= 0.3 is 5.69 Å². The Morgan fingerprint density at radius 2 is 1.71 bits per heavy atom. The summed E-state index contributed by atoms with van der Waals surface area (Å²) in [5.74, 6) is 0.560. The van der Waals surface area contributed by atoms with E-state index in [4.69, 9.17) is 4.74 Å². The highest BCUT2D eigenvalue weighted by atomic mass is 19.1. The van der Waals surface area contributed by atoms with Crippen molar-refractivity contribution in [2.24, 2.45) is 0 Å². The van der Waals surface area contributed by atoms with Crippen molar-refractivity contribution in [1.82, 2.24) is 9.97 Å². The number of nitrogens with zero attached hydrogens (tertiary/aromatic N) is 5. The largest absolute Gasteiger partial charge is 0.495 e. The molecule has 1 saturated heterocycles. The third kappa shape index (κ3) is 4.18. The van der Waals surface area contributed by atoms with E-state index in [0.29, 0.717) is 43.3 Å². The van der Waals surface area contributed by atoms with E-state index in [1.165, 1.54) is 19.5 Å². The summed E-state index contributed by atoms with van der Waals surface area (Å²) in [6.07, 6.45) is 1.29. The van der Waals surface area contributed by atoms with Crippen molar-refractivity contribution in [3.8, 4) is 5.75 Å². The number of nitro groups is 1. The van der Waals surface area contributed by atoms with Gasteiger partial charge in [0, 0.05) is 26.2 Å². The number of benzene rings is 2. The lowest BCUT2D eigenvalue weighted by Gasteiger charge is -2.36. The highest BCUT2D eigenvalue weighted by molar-refractivity contribution is 5.76. The van der Waals surface area contributed by atoms with E-state index < -0.39 is 4.92 Å². The monoisotopic (exact) mass is 424 g/mol. The van der Waals surface area contributed by atoms with Crippen LogP contribution in [0.4, 0.5) is 33.1 Å². The van der Waals surface area contributed by atoms with Crippen LogP contribution >= 0.6 is 0 Å². The van der Waals surface area contributed by atoms with E-state index in [1.807, 2.05) is 9.80 Å². The van der Waals surface area contributed by atoms with Crippen LogP contribution in [0, 0.1) is 15.9 Å². The predicted octanol–water partition coefficient (Wildman–Crippen LogP) is 3.60. The van der Waals surface area contributed by atoms with Gasteiger partial charge in [-0.2, -0.15) is 0 Å². The zero-order chi connectivity index (χ0) is 21.8. The molecular formula is C21H21FN6O3. The van der Waals surface area contributed by atoms with Gasteiger partial charge in [0.05, 0.1) is 23.4 Å². The molecule has 4 rings (SSSR count). The SMILES string of the molecule is COc1ccccc1Nc1ncnc(N2CCN(c3ccccc3F)CC2)c1[N+](=O)[O-]. The van der Waals surface area contributed by atoms with Crippen LogP contribution in [0.15, 0.2) is 54.9 Å². The molecule has 0 unspecified atom stereocenters. The number of hydrogen-bond acceptors (Lipinski definition) is 8. The lowest BCUT2D eigenvalue weighted by molar-refractivity contribution is -0.383. The van der Waals surface area contributed by atoms with Crippen molar-refractivity contribution in [2.45, 2.75) is 0 Å². The summed E-state index contributed by atoms with van der Waals surface area (Å²) in [4.78, 5) is 23.5. The number of halogens is 1. The van der Waals surface area contributed by atoms with Crippen LogP contribution < -0.4 is 19.9 Å². The minimum absolute atomic E-state index is 0.0797. The average Bonchev–Trinajstić information content (AvgIpc) is 2.79. The molecule has 0 bridgehead atoms. The smallest absolute Gasteiger partial charge is 0.353 e. The van der Waals surface area contributed by atoms with E-state index in [-0.39, 0.29) is 23.1 Å². The van der Waals surface area contributed by atoms with Gasteiger partial charge in [-0.25, -0.2) is 14.4 Å². The number of para-hydroxylation sites is 3. The topological polar surface area (TPSA) is 96.7 Å². The standard InChI is InChI=1S/C21H21FN6O3/c1-31-18-9-5-3-7-16(18)25-20-19(28(29)30)21(24-14-23-20)27-12-10-26(11-13-27)17-8-4-2-6-15(17)22/h2-9,14H,10-13H2,1H3,(H,23,24,25). The van der Waals surface area contributed by atoms with Crippen LogP contribution in [0.3, 0.4) is 0 Å². The van der Waals surface area contributed by atoms with Gasteiger partial charge in [-0.1, -0.05) is 24.3 Å².